The molecule has 2 fully saturated rings. The average molecular weight is 357 g/mol. The molecule has 0 aromatic heterocycles. The number of carbonyl (C=O) groups is 1. The highest BCUT2D eigenvalue weighted by Crippen LogP contribution is 2.46. The number of ether oxygens (including phenoxy) is 2. The maximum absolute atomic E-state index is 11.1. The quantitative estimate of drug-likeness (QED) is 0.623. The van der Waals surface area contributed by atoms with Crippen LogP contribution in [0.4, 0.5) is 0 Å². The van der Waals surface area contributed by atoms with Crippen LogP contribution in [0.3, 0.4) is 0 Å². The van der Waals surface area contributed by atoms with Crippen LogP contribution < -0.4 is 0 Å². The molecule has 2 saturated heterocycles. The molecule has 0 aromatic carbocycles. The Hall–Kier alpha value is -0.650. The van der Waals surface area contributed by atoms with Crippen molar-refractivity contribution in [3.8, 4) is 0 Å². The predicted octanol–water partition coefficient (Wildman–Crippen LogP) is 3.77. The van der Waals surface area contributed by atoms with E-state index in [9.17, 15) is 9.90 Å². The van der Waals surface area contributed by atoms with Crippen molar-refractivity contribution in [1.82, 2.24) is 0 Å². The van der Waals surface area contributed by atoms with Crippen molar-refractivity contribution in [3.63, 3.8) is 0 Å². The zero-order valence-corrected chi connectivity index (χ0v) is 16.3. The minimum Gasteiger partial charge on any atom is -0.481 e. The summed E-state index contributed by atoms with van der Waals surface area (Å²) in [6.45, 7) is 8.96. The number of aliphatic hydroxyl groups excluding tert-OH is 1. The Morgan fingerprint density at radius 2 is 1.96 bits per heavy atom. The maximum atomic E-state index is 11.1. The van der Waals surface area contributed by atoms with E-state index in [1.54, 1.807) is 0 Å². The van der Waals surface area contributed by atoms with Crippen molar-refractivity contribution in [3.05, 3.63) is 0 Å². The van der Waals surface area contributed by atoms with Gasteiger partial charge >= 0.3 is 5.97 Å². The standard InChI is InChI=1S/C20H36O5/c1-14(2)7-8-16(21)15(3)6-5-10-19(4)17-9-11-20(25-17,13-24-19)12-18(22)23/h14-17,21H,5-13H2,1-4H3,(H,22,23)/t15?,16?,17-,19+,20-/m1/s1. The van der Waals surface area contributed by atoms with Crippen molar-refractivity contribution in [2.45, 2.75) is 102 Å². The van der Waals surface area contributed by atoms with Crippen LogP contribution in [-0.4, -0.2) is 46.2 Å². The van der Waals surface area contributed by atoms with E-state index in [1.165, 1.54) is 0 Å². The molecule has 5 heteroatoms. The summed E-state index contributed by atoms with van der Waals surface area (Å²) in [5.41, 5.74) is -0.947. The lowest BCUT2D eigenvalue weighted by molar-refractivity contribution is -0.242. The lowest BCUT2D eigenvalue weighted by Crippen LogP contribution is -2.53. The van der Waals surface area contributed by atoms with Gasteiger partial charge in [-0.25, -0.2) is 0 Å². The van der Waals surface area contributed by atoms with Crippen molar-refractivity contribution in [1.29, 1.82) is 0 Å². The maximum Gasteiger partial charge on any atom is 0.306 e. The van der Waals surface area contributed by atoms with Gasteiger partial charge < -0.3 is 19.7 Å². The molecule has 0 amide bonds. The van der Waals surface area contributed by atoms with E-state index in [0.717, 1.165) is 44.9 Å². The Labute approximate surface area is 152 Å². The van der Waals surface area contributed by atoms with E-state index in [1.807, 2.05) is 0 Å². The van der Waals surface area contributed by atoms with E-state index >= 15 is 0 Å². The molecule has 0 aliphatic carbocycles. The van der Waals surface area contributed by atoms with Crippen LogP contribution in [0.5, 0.6) is 0 Å². The first-order valence-corrected chi connectivity index (χ1v) is 9.87. The second-order valence-electron chi connectivity index (χ2n) is 8.91. The molecule has 2 bridgehead atoms. The molecule has 0 spiro atoms. The van der Waals surface area contributed by atoms with Crippen LogP contribution in [0, 0.1) is 11.8 Å². The summed E-state index contributed by atoms with van der Waals surface area (Å²) < 4.78 is 12.3. The summed E-state index contributed by atoms with van der Waals surface area (Å²) in [7, 11) is 0. The van der Waals surface area contributed by atoms with Gasteiger partial charge in [0.1, 0.15) is 5.60 Å². The van der Waals surface area contributed by atoms with Crippen molar-refractivity contribution >= 4 is 5.97 Å². The van der Waals surface area contributed by atoms with Gasteiger partial charge in [0.2, 0.25) is 0 Å². The van der Waals surface area contributed by atoms with Crippen LogP contribution in [0.15, 0.2) is 0 Å². The molecular formula is C20H36O5. The topological polar surface area (TPSA) is 76.0 Å². The molecular weight excluding hydrogens is 320 g/mol. The minimum atomic E-state index is -0.822. The van der Waals surface area contributed by atoms with Gasteiger partial charge in [-0.15, -0.1) is 0 Å². The molecule has 25 heavy (non-hydrogen) atoms. The summed E-state index contributed by atoms with van der Waals surface area (Å²) in [5.74, 6) is 0.0978. The highest BCUT2D eigenvalue weighted by molar-refractivity contribution is 5.68. The van der Waals surface area contributed by atoms with Gasteiger partial charge in [0, 0.05) is 0 Å². The molecule has 2 unspecified atom stereocenters. The Kier molecular flexibility index (Phi) is 6.91. The number of carboxylic acids is 1. The largest absolute Gasteiger partial charge is 0.481 e. The van der Waals surface area contributed by atoms with Crippen LogP contribution in [0.25, 0.3) is 0 Å². The molecule has 2 rings (SSSR count). The highest BCUT2D eigenvalue weighted by atomic mass is 16.6. The third-order valence-electron chi connectivity index (χ3n) is 6.10. The fraction of sp³-hybridized carbons (Fsp3) is 0.950. The summed E-state index contributed by atoms with van der Waals surface area (Å²) >= 11 is 0. The molecule has 2 aliphatic heterocycles. The Balaban J connectivity index is 1.77. The predicted molar refractivity (Wildman–Crippen MR) is 96.5 cm³/mol. The number of hydrogen-bond donors (Lipinski definition) is 2. The van der Waals surface area contributed by atoms with E-state index in [0.29, 0.717) is 18.4 Å². The normalized spacial score (nSPS) is 34.2. The Morgan fingerprint density at radius 1 is 1.24 bits per heavy atom. The van der Waals surface area contributed by atoms with Gasteiger partial charge in [0.05, 0.1) is 30.8 Å². The molecule has 2 N–H and O–H groups in total. The van der Waals surface area contributed by atoms with E-state index < -0.39 is 11.6 Å². The molecule has 2 heterocycles. The lowest BCUT2D eigenvalue weighted by Gasteiger charge is -2.44. The van der Waals surface area contributed by atoms with Gasteiger partial charge in [-0.05, 0) is 57.3 Å². The zero-order valence-electron chi connectivity index (χ0n) is 16.3. The number of hydrogen-bond acceptors (Lipinski definition) is 4. The summed E-state index contributed by atoms with van der Waals surface area (Å²) in [5, 5.41) is 19.4. The highest BCUT2D eigenvalue weighted by Gasteiger charge is 2.54. The molecule has 2 aliphatic rings. The fourth-order valence-corrected chi connectivity index (χ4v) is 4.19. The van der Waals surface area contributed by atoms with Crippen LogP contribution in [0.2, 0.25) is 0 Å². The minimum absolute atomic E-state index is 0.0122. The number of aliphatic carboxylic acids is 1. The molecule has 5 atom stereocenters. The number of rotatable bonds is 10. The van der Waals surface area contributed by atoms with E-state index in [-0.39, 0.29) is 24.2 Å². The summed E-state index contributed by atoms with van der Waals surface area (Å²) in [4.78, 5) is 11.1. The smallest absolute Gasteiger partial charge is 0.306 e. The monoisotopic (exact) mass is 356 g/mol. The molecule has 0 saturated carbocycles. The lowest BCUT2D eigenvalue weighted by atomic mass is 9.87. The summed E-state index contributed by atoms with van der Waals surface area (Å²) in [6.07, 6.45) is 6.22. The van der Waals surface area contributed by atoms with Crippen molar-refractivity contribution in [2.24, 2.45) is 11.8 Å². The van der Waals surface area contributed by atoms with Crippen molar-refractivity contribution in [2.75, 3.05) is 6.61 Å². The first kappa shape index (κ1) is 20.7. The van der Waals surface area contributed by atoms with Crippen LogP contribution in [0.1, 0.15) is 79.1 Å². The number of fused-ring (bicyclic) bond motifs is 2. The molecule has 0 aromatic rings. The van der Waals surface area contributed by atoms with Gasteiger partial charge in [-0.3, -0.25) is 4.79 Å². The van der Waals surface area contributed by atoms with Crippen LogP contribution >= 0.6 is 0 Å². The third kappa shape index (κ3) is 5.41. The van der Waals surface area contributed by atoms with Gasteiger partial charge in [0.15, 0.2) is 0 Å². The first-order chi connectivity index (χ1) is 11.7. The third-order valence-corrected chi connectivity index (χ3v) is 6.10. The van der Waals surface area contributed by atoms with E-state index in [2.05, 4.69) is 27.7 Å². The van der Waals surface area contributed by atoms with Gasteiger partial charge in [-0.2, -0.15) is 0 Å². The second kappa shape index (κ2) is 8.36. The van der Waals surface area contributed by atoms with Crippen molar-refractivity contribution < 1.29 is 24.5 Å². The van der Waals surface area contributed by atoms with E-state index in [4.69, 9.17) is 14.6 Å². The number of carboxylic acid groups (broad SMARTS) is 1. The Morgan fingerprint density at radius 3 is 2.60 bits per heavy atom. The average Bonchev–Trinajstić information content (AvgIpc) is 2.89. The van der Waals surface area contributed by atoms with Gasteiger partial charge in [0.25, 0.3) is 0 Å². The zero-order chi connectivity index (χ0) is 18.7. The second-order valence-corrected chi connectivity index (χ2v) is 8.91. The van der Waals surface area contributed by atoms with Gasteiger partial charge in [-0.1, -0.05) is 27.2 Å². The first-order valence-electron chi connectivity index (χ1n) is 9.87. The summed E-state index contributed by atoms with van der Waals surface area (Å²) in [6, 6.07) is 0. The Bertz CT molecular complexity index is 451. The fourth-order valence-electron chi connectivity index (χ4n) is 4.19. The molecule has 0 radical (unpaired) electrons. The molecule has 5 nitrogen and oxygen atoms in total. The SMILES string of the molecule is CC(C)CCC(O)C(C)CCC[C@]1(C)OC[C@]2(CC(=O)O)CC[C@H]1O2. The molecule has 146 valence electrons. The number of aliphatic hydroxyl groups is 1. The van der Waals surface area contributed by atoms with Crippen LogP contribution in [-0.2, 0) is 14.3 Å².